The minimum absolute atomic E-state index is 0.220. The SMILES string of the molecule is CNC1=C(C)CN(C(O)c2ccc(OCCCC(=O)N3CCN(CCC(C)(C)C)CC3)c(C)c2)c2ccccc2N1. The molecule has 1 fully saturated rings. The zero-order chi connectivity index (χ0) is 29.6. The number of anilines is 2. The fourth-order valence-electron chi connectivity index (χ4n) is 5.44. The van der Waals surface area contributed by atoms with E-state index in [9.17, 15) is 9.90 Å². The molecule has 1 atom stereocenters. The van der Waals surface area contributed by atoms with Crippen molar-refractivity contribution in [1.29, 1.82) is 0 Å². The van der Waals surface area contributed by atoms with Gasteiger partial charge in [-0.3, -0.25) is 9.69 Å². The monoisotopic (exact) mass is 563 g/mol. The third-order valence-corrected chi connectivity index (χ3v) is 8.05. The molecule has 0 aromatic heterocycles. The molecule has 0 aliphatic carbocycles. The number of benzene rings is 2. The molecule has 1 amide bonds. The van der Waals surface area contributed by atoms with E-state index < -0.39 is 6.23 Å². The normalized spacial score (nSPS) is 17.0. The van der Waals surface area contributed by atoms with Crippen molar-refractivity contribution in [2.45, 2.75) is 60.1 Å². The Labute approximate surface area is 246 Å². The zero-order valence-electron chi connectivity index (χ0n) is 25.8. The molecule has 1 unspecified atom stereocenters. The Kier molecular flexibility index (Phi) is 10.2. The average molecular weight is 564 g/mol. The van der Waals surface area contributed by atoms with Gasteiger partial charge in [0.15, 0.2) is 6.23 Å². The first kappa shape index (κ1) is 30.7. The quantitative estimate of drug-likeness (QED) is 0.347. The van der Waals surface area contributed by atoms with E-state index in [1.165, 1.54) is 6.42 Å². The van der Waals surface area contributed by atoms with Crippen LogP contribution in [-0.4, -0.2) is 73.7 Å². The van der Waals surface area contributed by atoms with Gasteiger partial charge in [0.2, 0.25) is 5.91 Å². The molecule has 2 aromatic rings. The maximum atomic E-state index is 12.8. The van der Waals surface area contributed by atoms with Crippen molar-refractivity contribution in [2.75, 3.05) is 63.1 Å². The first-order valence-corrected chi connectivity index (χ1v) is 15.0. The van der Waals surface area contributed by atoms with E-state index in [-0.39, 0.29) is 5.91 Å². The van der Waals surface area contributed by atoms with Gasteiger partial charge in [-0.25, -0.2) is 0 Å². The number of carbonyl (C=O) groups is 1. The smallest absolute Gasteiger partial charge is 0.222 e. The maximum Gasteiger partial charge on any atom is 0.222 e. The van der Waals surface area contributed by atoms with Crippen molar-refractivity contribution >= 4 is 17.3 Å². The van der Waals surface area contributed by atoms with Gasteiger partial charge in [-0.1, -0.05) is 39.0 Å². The van der Waals surface area contributed by atoms with E-state index in [1.807, 2.05) is 66.2 Å². The number of para-hydroxylation sites is 2. The lowest BCUT2D eigenvalue weighted by atomic mass is 9.92. The van der Waals surface area contributed by atoms with Gasteiger partial charge in [0.25, 0.3) is 0 Å². The third kappa shape index (κ3) is 8.17. The standard InChI is InChI=1S/C33H49N5O3/c1-24-22-26(32(40)38-23-25(2)31(34-6)35-27-10-7-8-11-28(27)38)13-14-29(24)41-21-9-12-30(39)37-19-17-36(18-20-37)16-15-33(3,4)5/h7-8,10-11,13-14,22,32,34-35,40H,9,12,15-21,23H2,1-6H3. The van der Waals surface area contributed by atoms with E-state index in [1.54, 1.807) is 0 Å². The van der Waals surface area contributed by atoms with Gasteiger partial charge in [-0.15, -0.1) is 0 Å². The molecule has 0 bridgehead atoms. The Bertz CT molecular complexity index is 1210. The number of piperazine rings is 1. The van der Waals surface area contributed by atoms with Crippen molar-refractivity contribution in [2.24, 2.45) is 5.41 Å². The molecule has 41 heavy (non-hydrogen) atoms. The molecule has 224 valence electrons. The van der Waals surface area contributed by atoms with Crippen molar-refractivity contribution in [1.82, 2.24) is 15.1 Å². The Balaban J connectivity index is 1.27. The van der Waals surface area contributed by atoms with Gasteiger partial charge in [0.05, 0.1) is 18.0 Å². The number of ether oxygens (including phenoxy) is 1. The van der Waals surface area contributed by atoms with Gasteiger partial charge in [0, 0.05) is 51.8 Å². The van der Waals surface area contributed by atoms with E-state index >= 15 is 0 Å². The van der Waals surface area contributed by atoms with Crippen molar-refractivity contribution < 1.29 is 14.6 Å². The number of fused-ring (bicyclic) bond motifs is 1. The highest BCUT2D eigenvalue weighted by Crippen LogP contribution is 2.36. The van der Waals surface area contributed by atoms with Crippen LogP contribution in [0.2, 0.25) is 0 Å². The summed E-state index contributed by atoms with van der Waals surface area (Å²) < 4.78 is 6.06. The fourth-order valence-corrected chi connectivity index (χ4v) is 5.44. The molecule has 2 aliphatic heterocycles. The summed E-state index contributed by atoms with van der Waals surface area (Å²) >= 11 is 0. The summed E-state index contributed by atoms with van der Waals surface area (Å²) in [6.07, 6.45) is 1.55. The average Bonchev–Trinajstić information content (AvgIpc) is 3.10. The molecule has 8 nitrogen and oxygen atoms in total. The van der Waals surface area contributed by atoms with Crippen molar-refractivity contribution in [3.05, 3.63) is 65.0 Å². The maximum absolute atomic E-state index is 12.8. The van der Waals surface area contributed by atoms with Gasteiger partial charge in [-0.2, -0.15) is 0 Å². The number of hydrogen-bond acceptors (Lipinski definition) is 7. The molecule has 1 saturated heterocycles. The molecular weight excluding hydrogens is 514 g/mol. The zero-order valence-corrected chi connectivity index (χ0v) is 25.8. The van der Waals surface area contributed by atoms with Gasteiger partial charge < -0.3 is 30.3 Å². The molecule has 3 N–H and O–H groups in total. The van der Waals surface area contributed by atoms with E-state index in [0.717, 1.165) is 72.4 Å². The van der Waals surface area contributed by atoms with Crippen LogP contribution in [0.4, 0.5) is 11.4 Å². The lowest BCUT2D eigenvalue weighted by molar-refractivity contribution is -0.133. The predicted molar refractivity (Wildman–Crippen MR) is 167 cm³/mol. The Morgan fingerprint density at radius 2 is 1.83 bits per heavy atom. The van der Waals surface area contributed by atoms with E-state index in [0.29, 0.717) is 31.4 Å². The topological polar surface area (TPSA) is 80.3 Å². The number of aliphatic hydroxyl groups excluding tert-OH is 1. The summed E-state index contributed by atoms with van der Waals surface area (Å²) in [7, 11) is 1.90. The summed E-state index contributed by atoms with van der Waals surface area (Å²) in [6, 6.07) is 13.9. The van der Waals surface area contributed by atoms with E-state index in [2.05, 4.69) is 43.2 Å². The Morgan fingerprint density at radius 3 is 2.51 bits per heavy atom. The van der Waals surface area contributed by atoms with Crippen LogP contribution in [0, 0.1) is 12.3 Å². The molecule has 0 spiro atoms. The summed E-state index contributed by atoms with van der Waals surface area (Å²) in [6.45, 7) is 16.6. The second-order valence-electron chi connectivity index (χ2n) is 12.6. The Hall–Kier alpha value is -3.23. The highest BCUT2D eigenvalue weighted by molar-refractivity contribution is 5.76. The van der Waals surface area contributed by atoms with Crippen LogP contribution < -0.4 is 20.3 Å². The number of aryl methyl sites for hydroxylation is 1. The number of carbonyl (C=O) groups excluding carboxylic acids is 1. The third-order valence-electron chi connectivity index (χ3n) is 8.05. The highest BCUT2D eigenvalue weighted by Gasteiger charge is 2.26. The van der Waals surface area contributed by atoms with E-state index in [4.69, 9.17) is 4.74 Å². The number of nitrogens with one attached hydrogen (secondary N) is 2. The number of hydrogen-bond donors (Lipinski definition) is 3. The minimum Gasteiger partial charge on any atom is -0.493 e. The predicted octanol–water partition coefficient (Wildman–Crippen LogP) is 5.11. The largest absolute Gasteiger partial charge is 0.493 e. The molecule has 2 aromatic carbocycles. The molecule has 2 aliphatic rings. The molecular formula is C33H49N5O3. The molecule has 4 rings (SSSR count). The summed E-state index contributed by atoms with van der Waals surface area (Å²) in [5, 5.41) is 18.1. The number of rotatable bonds is 10. The molecule has 8 heteroatoms. The minimum atomic E-state index is -0.816. The van der Waals surface area contributed by atoms with Crippen LogP contribution in [0.15, 0.2) is 53.9 Å². The molecule has 0 saturated carbocycles. The van der Waals surface area contributed by atoms with Crippen LogP contribution in [0.25, 0.3) is 0 Å². The van der Waals surface area contributed by atoms with Gasteiger partial charge in [-0.05, 0) is 74.1 Å². The summed E-state index contributed by atoms with van der Waals surface area (Å²) in [4.78, 5) is 19.2. The molecule has 0 radical (unpaired) electrons. The van der Waals surface area contributed by atoms with Crippen LogP contribution in [0.1, 0.15) is 64.3 Å². The van der Waals surface area contributed by atoms with Crippen molar-refractivity contribution in [3.63, 3.8) is 0 Å². The lowest BCUT2D eigenvalue weighted by Crippen LogP contribution is -2.49. The first-order chi connectivity index (χ1) is 19.6. The van der Waals surface area contributed by atoms with Crippen molar-refractivity contribution in [3.8, 4) is 5.75 Å². The summed E-state index contributed by atoms with van der Waals surface area (Å²) in [5.41, 5.74) is 5.11. The summed E-state index contributed by atoms with van der Waals surface area (Å²) in [5.74, 6) is 1.95. The number of aliphatic hydroxyl groups is 1. The Morgan fingerprint density at radius 1 is 1.10 bits per heavy atom. The van der Waals surface area contributed by atoms with Crippen LogP contribution in [0.5, 0.6) is 5.75 Å². The lowest BCUT2D eigenvalue weighted by Gasteiger charge is -2.36. The van der Waals surface area contributed by atoms with Gasteiger partial charge in [0.1, 0.15) is 11.6 Å². The second-order valence-corrected chi connectivity index (χ2v) is 12.6. The molecule has 2 heterocycles. The van der Waals surface area contributed by atoms with Gasteiger partial charge >= 0.3 is 0 Å². The number of amides is 1. The first-order valence-electron chi connectivity index (χ1n) is 15.0. The van der Waals surface area contributed by atoms with Crippen LogP contribution in [0.3, 0.4) is 0 Å². The highest BCUT2D eigenvalue weighted by atomic mass is 16.5. The fraction of sp³-hybridized carbons (Fsp3) is 0.545. The second kappa shape index (κ2) is 13.6. The van der Waals surface area contributed by atoms with Crippen LogP contribution in [-0.2, 0) is 4.79 Å². The van der Waals surface area contributed by atoms with Crippen LogP contribution >= 0.6 is 0 Å². The number of nitrogens with zero attached hydrogens (tertiary/aromatic N) is 3.